The van der Waals surface area contributed by atoms with Gasteiger partial charge in [-0.2, -0.15) is 0 Å². The molecule has 334 valence electrons. The van der Waals surface area contributed by atoms with E-state index in [2.05, 4.69) is 31.6 Å². The Morgan fingerprint density at radius 1 is 0.917 bits per heavy atom. The fourth-order valence-corrected chi connectivity index (χ4v) is 5.87. The molecule has 2 aliphatic rings. The second-order valence-corrected chi connectivity index (χ2v) is 16.8. The Bertz CT molecular complexity index is 1650. The molecule has 3 rings (SSSR count). The zero-order valence-corrected chi connectivity index (χ0v) is 37.1. The highest BCUT2D eigenvalue weighted by Gasteiger charge is 2.38. The molecule has 0 N–H and O–H groups in total. The summed E-state index contributed by atoms with van der Waals surface area (Å²) in [5, 5.41) is 0. The lowest BCUT2D eigenvalue weighted by Gasteiger charge is -2.40. The van der Waals surface area contributed by atoms with E-state index in [1.54, 1.807) is 60.3 Å². The van der Waals surface area contributed by atoms with Crippen molar-refractivity contribution in [2.24, 2.45) is 15.9 Å². The maximum absolute atomic E-state index is 13.5. The lowest BCUT2D eigenvalue weighted by molar-refractivity contribution is -0.157. The summed E-state index contributed by atoms with van der Waals surface area (Å²) in [5.74, 6) is -0.332. The fourth-order valence-electron chi connectivity index (χ4n) is 5.87. The number of aliphatic imine (C=N–C) groups is 2. The van der Waals surface area contributed by atoms with Crippen LogP contribution in [0, 0.1) is 5.92 Å². The summed E-state index contributed by atoms with van der Waals surface area (Å²) in [6.07, 6.45) is 2.77. The number of imide groups is 1. The van der Waals surface area contributed by atoms with Crippen LogP contribution in [0.4, 0.5) is 15.5 Å². The van der Waals surface area contributed by atoms with Crippen molar-refractivity contribution in [2.75, 3.05) is 83.7 Å². The van der Waals surface area contributed by atoms with Gasteiger partial charge in [0.15, 0.2) is 0 Å². The van der Waals surface area contributed by atoms with Gasteiger partial charge in [-0.1, -0.05) is 13.8 Å². The number of rotatable bonds is 15. The zero-order chi connectivity index (χ0) is 44.6. The van der Waals surface area contributed by atoms with Crippen molar-refractivity contribution in [3.8, 4) is 0 Å². The second kappa shape index (κ2) is 23.0. The highest BCUT2D eigenvalue weighted by atomic mass is 16.6. The monoisotopic (exact) mass is 843 g/mol. The van der Waals surface area contributed by atoms with Gasteiger partial charge < -0.3 is 38.4 Å². The van der Waals surface area contributed by atoms with Gasteiger partial charge in [-0.25, -0.2) is 44.0 Å². The Balaban J connectivity index is 1.56. The molecule has 2 saturated heterocycles. The van der Waals surface area contributed by atoms with Gasteiger partial charge in [0.25, 0.3) is 0 Å². The van der Waals surface area contributed by atoms with Crippen LogP contribution in [0.25, 0.3) is 0 Å². The van der Waals surface area contributed by atoms with E-state index in [0.29, 0.717) is 55.8 Å². The smallest absolute Gasteiger partial charge is 0.420 e. The van der Waals surface area contributed by atoms with Gasteiger partial charge in [0.1, 0.15) is 17.2 Å². The number of carbonyl (C=O) groups excluding carboxylic acids is 5. The van der Waals surface area contributed by atoms with Gasteiger partial charge in [0.2, 0.25) is 17.8 Å². The number of anilines is 1. The van der Waals surface area contributed by atoms with Crippen LogP contribution in [0.5, 0.6) is 0 Å². The van der Waals surface area contributed by atoms with Crippen LogP contribution < -0.4 is 4.90 Å². The van der Waals surface area contributed by atoms with Crippen LogP contribution in [-0.4, -0.2) is 168 Å². The first-order valence-electron chi connectivity index (χ1n) is 20.4. The molecule has 60 heavy (non-hydrogen) atoms. The molecule has 0 aromatic carbocycles. The Kier molecular flexibility index (Phi) is 18.9. The van der Waals surface area contributed by atoms with Crippen molar-refractivity contribution in [2.45, 2.75) is 99.4 Å². The van der Waals surface area contributed by atoms with Crippen LogP contribution >= 0.6 is 0 Å². The normalized spacial score (nSPS) is 17.0. The van der Waals surface area contributed by atoms with Crippen LogP contribution in [-0.2, 0) is 44.6 Å². The number of piperazine rings is 2. The maximum Gasteiger partial charge on any atom is 0.420 e. The Labute approximate surface area is 354 Å². The minimum atomic E-state index is -0.901. The molecule has 0 spiro atoms. The predicted molar refractivity (Wildman–Crippen MR) is 224 cm³/mol. The van der Waals surface area contributed by atoms with Crippen LogP contribution in [0.2, 0.25) is 0 Å². The SMILES string of the molecule is C=NC(=N/C=C(\C)C(=O)OCC)N1CCN(CCOCCC(=O)N2CCN(c3ncc(CN(C(=O)OC(C)(C)C)C(=O)OC(C)(C)C)cn3)C[C@@H]2C(=O)OCC(C)C)CC1. The van der Waals surface area contributed by atoms with E-state index in [-0.39, 0.29) is 57.7 Å². The quantitative estimate of drug-likeness (QED) is 0.0615. The number of hydrogen-bond acceptors (Lipinski definition) is 15. The van der Waals surface area contributed by atoms with Crippen LogP contribution in [0.1, 0.15) is 81.2 Å². The van der Waals surface area contributed by atoms with Crippen molar-refractivity contribution in [3.05, 3.63) is 29.7 Å². The third-order valence-corrected chi connectivity index (χ3v) is 8.85. The van der Waals surface area contributed by atoms with E-state index < -0.39 is 41.4 Å². The summed E-state index contributed by atoms with van der Waals surface area (Å²) in [6.45, 7) is 26.1. The standard InChI is InChI=1S/C41H65N9O10/c1-12-57-34(52)30(4)23-43-36(42-11)47-16-14-46(15-17-47)20-22-56-21-13-33(51)49-19-18-48(27-32(49)35(53)58-28-29(2)3)37-44-24-31(25-45-37)26-50(38(54)59-40(5,6)7)39(55)60-41(8,9)10/h23-25,29,32H,11-22,26-28H2,1-10H3/b30-23+,43-36?/t32-/m1/s1. The summed E-state index contributed by atoms with van der Waals surface area (Å²) in [7, 11) is 0. The van der Waals surface area contributed by atoms with Gasteiger partial charge in [0, 0.05) is 70.0 Å². The van der Waals surface area contributed by atoms with Crippen molar-refractivity contribution in [3.63, 3.8) is 0 Å². The average Bonchev–Trinajstić information content (AvgIpc) is 3.18. The highest BCUT2D eigenvalue weighted by molar-refractivity contribution is 5.90. The van der Waals surface area contributed by atoms with Crippen molar-refractivity contribution in [1.82, 2.24) is 29.6 Å². The van der Waals surface area contributed by atoms with Crippen LogP contribution in [0.3, 0.4) is 0 Å². The number of hydrogen-bond donors (Lipinski definition) is 0. The molecule has 19 nitrogen and oxygen atoms in total. The Morgan fingerprint density at radius 2 is 1.53 bits per heavy atom. The molecule has 2 aliphatic heterocycles. The first kappa shape index (κ1) is 49.2. The third-order valence-electron chi connectivity index (χ3n) is 8.85. The molecule has 1 aromatic heterocycles. The molecule has 0 bridgehead atoms. The topological polar surface area (TPSA) is 198 Å². The summed E-state index contributed by atoms with van der Waals surface area (Å²) in [5.41, 5.74) is -0.879. The summed E-state index contributed by atoms with van der Waals surface area (Å²) >= 11 is 0. The first-order chi connectivity index (χ1) is 28.2. The van der Waals surface area contributed by atoms with E-state index >= 15 is 0 Å². The molecule has 3 amide bonds. The Hall–Kier alpha value is -5.17. The van der Waals surface area contributed by atoms with E-state index in [1.165, 1.54) is 23.5 Å². The third kappa shape index (κ3) is 16.5. The molecular weight excluding hydrogens is 779 g/mol. The number of carbonyl (C=O) groups is 5. The molecule has 0 radical (unpaired) electrons. The van der Waals surface area contributed by atoms with E-state index in [4.69, 9.17) is 23.7 Å². The van der Waals surface area contributed by atoms with Crippen molar-refractivity contribution in [1.29, 1.82) is 0 Å². The summed E-state index contributed by atoms with van der Waals surface area (Å²) in [4.78, 5) is 90.5. The lowest BCUT2D eigenvalue weighted by atomic mass is 10.1. The molecular formula is C41H65N9O10. The molecule has 3 heterocycles. The molecule has 0 aliphatic carbocycles. The molecule has 19 heteroatoms. The molecule has 2 fully saturated rings. The Morgan fingerprint density at radius 3 is 2.08 bits per heavy atom. The summed E-state index contributed by atoms with van der Waals surface area (Å²) in [6, 6.07) is -0.901. The first-order valence-corrected chi connectivity index (χ1v) is 20.4. The number of ether oxygens (including phenoxy) is 5. The zero-order valence-electron chi connectivity index (χ0n) is 37.1. The number of amides is 3. The minimum absolute atomic E-state index is 0.0856. The number of aromatic nitrogens is 2. The van der Waals surface area contributed by atoms with E-state index in [9.17, 15) is 24.0 Å². The van der Waals surface area contributed by atoms with E-state index in [0.717, 1.165) is 18.0 Å². The lowest BCUT2D eigenvalue weighted by Crippen LogP contribution is -2.59. The fraction of sp³-hybridized carbons (Fsp3) is 0.683. The second-order valence-electron chi connectivity index (χ2n) is 16.8. The average molecular weight is 844 g/mol. The van der Waals surface area contributed by atoms with Gasteiger partial charge in [-0.05, 0) is 68.0 Å². The molecule has 1 atom stereocenters. The van der Waals surface area contributed by atoms with Gasteiger partial charge >= 0.3 is 24.1 Å². The van der Waals surface area contributed by atoms with Crippen LogP contribution in [0.15, 0.2) is 34.2 Å². The highest BCUT2D eigenvalue weighted by Crippen LogP contribution is 2.21. The maximum atomic E-state index is 13.5. The molecule has 0 saturated carbocycles. The molecule has 0 unspecified atom stereocenters. The number of nitrogens with zero attached hydrogens (tertiary/aromatic N) is 9. The largest absolute Gasteiger partial charge is 0.464 e. The summed E-state index contributed by atoms with van der Waals surface area (Å²) < 4.78 is 27.4. The number of guanidine groups is 1. The minimum Gasteiger partial charge on any atom is -0.464 e. The van der Waals surface area contributed by atoms with Gasteiger partial charge in [0.05, 0.1) is 51.5 Å². The van der Waals surface area contributed by atoms with Gasteiger partial charge in [-0.15, -0.1) is 0 Å². The number of esters is 2. The van der Waals surface area contributed by atoms with Gasteiger partial charge in [-0.3, -0.25) is 9.69 Å². The van der Waals surface area contributed by atoms with Crippen molar-refractivity contribution >= 4 is 48.7 Å². The van der Waals surface area contributed by atoms with Crippen molar-refractivity contribution < 1.29 is 47.7 Å². The predicted octanol–water partition coefficient (Wildman–Crippen LogP) is 3.91. The molecule has 1 aromatic rings. The van der Waals surface area contributed by atoms with E-state index in [1.807, 2.05) is 18.7 Å².